The SMILES string of the molecule is CCCCCC(=O)N(c1ccccc1)[C@@H]1C[C@@H](C)N(C(=O)c2ccccc2F)c2ccccc21. The lowest BCUT2D eigenvalue weighted by Crippen LogP contribution is -2.48. The number of hydrogen-bond donors (Lipinski definition) is 0. The Labute approximate surface area is 201 Å². The number of para-hydroxylation sites is 2. The van der Waals surface area contributed by atoms with Crippen molar-refractivity contribution in [2.75, 3.05) is 9.80 Å². The van der Waals surface area contributed by atoms with Gasteiger partial charge in [0, 0.05) is 23.8 Å². The number of amides is 2. The van der Waals surface area contributed by atoms with Crippen molar-refractivity contribution in [2.24, 2.45) is 0 Å². The van der Waals surface area contributed by atoms with E-state index >= 15 is 0 Å². The van der Waals surface area contributed by atoms with Crippen LogP contribution in [0.1, 0.15) is 67.9 Å². The van der Waals surface area contributed by atoms with Crippen LogP contribution in [0.15, 0.2) is 78.9 Å². The maximum Gasteiger partial charge on any atom is 0.261 e. The Kier molecular flexibility index (Phi) is 7.41. The minimum absolute atomic E-state index is 0.0539. The summed E-state index contributed by atoms with van der Waals surface area (Å²) in [4.78, 5) is 30.5. The van der Waals surface area contributed by atoms with Gasteiger partial charge in [-0.3, -0.25) is 9.59 Å². The van der Waals surface area contributed by atoms with Crippen molar-refractivity contribution >= 4 is 23.2 Å². The summed E-state index contributed by atoms with van der Waals surface area (Å²) in [5.74, 6) is -0.811. The Morgan fingerprint density at radius 2 is 1.62 bits per heavy atom. The summed E-state index contributed by atoms with van der Waals surface area (Å²) in [6.45, 7) is 4.09. The normalized spacial score (nSPS) is 17.2. The lowest BCUT2D eigenvalue weighted by molar-refractivity contribution is -0.119. The van der Waals surface area contributed by atoms with Crippen molar-refractivity contribution in [3.63, 3.8) is 0 Å². The predicted molar refractivity (Wildman–Crippen MR) is 135 cm³/mol. The van der Waals surface area contributed by atoms with Crippen LogP contribution in [0.3, 0.4) is 0 Å². The number of unbranched alkanes of at least 4 members (excludes halogenated alkanes) is 2. The van der Waals surface area contributed by atoms with E-state index in [0.717, 1.165) is 36.2 Å². The highest BCUT2D eigenvalue weighted by Gasteiger charge is 2.39. The average Bonchev–Trinajstić information content (AvgIpc) is 2.85. The second-order valence-electron chi connectivity index (χ2n) is 8.87. The Morgan fingerprint density at radius 1 is 0.941 bits per heavy atom. The van der Waals surface area contributed by atoms with Crippen LogP contribution in [0.25, 0.3) is 0 Å². The number of benzene rings is 3. The highest BCUT2D eigenvalue weighted by atomic mass is 19.1. The lowest BCUT2D eigenvalue weighted by atomic mass is 9.89. The predicted octanol–water partition coefficient (Wildman–Crippen LogP) is 6.92. The third-order valence-corrected chi connectivity index (χ3v) is 6.49. The number of fused-ring (bicyclic) bond motifs is 1. The lowest BCUT2D eigenvalue weighted by Gasteiger charge is -2.43. The second kappa shape index (κ2) is 10.6. The molecule has 2 atom stereocenters. The largest absolute Gasteiger partial charge is 0.305 e. The molecule has 0 unspecified atom stereocenters. The van der Waals surface area contributed by atoms with Crippen LogP contribution < -0.4 is 9.80 Å². The molecule has 0 N–H and O–H groups in total. The number of hydrogen-bond acceptors (Lipinski definition) is 2. The molecule has 1 heterocycles. The number of halogens is 1. The molecule has 34 heavy (non-hydrogen) atoms. The van der Waals surface area contributed by atoms with Gasteiger partial charge in [0.1, 0.15) is 5.82 Å². The first kappa shape index (κ1) is 23.7. The van der Waals surface area contributed by atoms with Crippen LogP contribution in [0.2, 0.25) is 0 Å². The van der Waals surface area contributed by atoms with Gasteiger partial charge in [0.25, 0.3) is 5.91 Å². The van der Waals surface area contributed by atoms with Crippen molar-refractivity contribution < 1.29 is 14.0 Å². The highest BCUT2D eigenvalue weighted by Crippen LogP contribution is 2.43. The minimum Gasteiger partial charge on any atom is -0.305 e. The fourth-order valence-electron chi connectivity index (χ4n) is 4.83. The van der Waals surface area contributed by atoms with Gasteiger partial charge in [-0.05, 0) is 55.7 Å². The monoisotopic (exact) mass is 458 g/mol. The molecule has 5 heteroatoms. The molecular formula is C29H31FN2O2. The molecule has 3 aromatic rings. The van der Waals surface area contributed by atoms with E-state index in [9.17, 15) is 14.0 Å². The van der Waals surface area contributed by atoms with Crippen LogP contribution in [-0.2, 0) is 4.79 Å². The number of nitrogens with zero attached hydrogens (tertiary/aromatic N) is 2. The van der Waals surface area contributed by atoms with Crippen molar-refractivity contribution in [2.45, 2.75) is 58.0 Å². The molecule has 2 amide bonds. The summed E-state index contributed by atoms with van der Waals surface area (Å²) < 4.78 is 14.5. The molecule has 1 aliphatic rings. The Bertz CT molecular complexity index is 1150. The third kappa shape index (κ3) is 4.74. The molecule has 0 saturated carbocycles. The number of rotatable bonds is 7. The average molecular weight is 459 g/mol. The fourth-order valence-corrected chi connectivity index (χ4v) is 4.83. The molecule has 3 aromatic carbocycles. The smallest absolute Gasteiger partial charge is 0.261 e. The molecule has 0 saturated heterocycles. The van der Waals surface area contributed by atoms with Crippen molar-refractivity contribution in [1.82, 2.24) is 0 Å². The van der Waals surface area contributed by atoms with E-state index in [1.165, 1.54) is 12.1 Å². The van der Waals surface area contributed by atoms with E-state index in [1.807, 2.05) is 66.4 Å². The summed E-state index contributed by atoms with van der Waals surface area (Å²) in [6, 6.07) is 23.1. The Balaban J connectivity index is 1.75. The topological polar surface area (TPSA) is 40.6 Å². The van der Waals surface area contributed by atoms with Gasteiger partial charge in [-0.2, -0.15) is 0 Å². The maximum absolute atomic E-state index is 14.5. The van der Waals surface area contributed by atoms with Gasteiger partial charge in [0.05, 0.1) is 11.6 Å². The molecule has 0 radical (unpaired) electrons. The van der Waals surface area contributed by atoms with E-state index in [1.54, 1.807) is 17.0 Å². The van der Waals surface area contributed by atoms with Crippen LogP contribution in [-0.4, -0.2) is 17.9 Å². The van der Waals surface area contributed by atoms with Crippen LogP contribution in [0, 0.1) is 5.82 Å². The molecule has 4 rings (SSSR count). The molecule has 176 valence electrons. The zero-order valence-corrected chi connectivity index (χ0v) is 19.8. The number of anilines is 2. The van der Waals surface area contributed by atoms with E-state index in [-0.39, 0.29) is 29.5 Å². The van der Waals surface area contributed by atoms with Crippen LogP contribution in [0.5, 0.6) is 0 Å². The summed E-state index contributed by atoms with van der Waals surface area (Å²) in [5, 5.41) is 0. The van der Waals surface area contributed by atoms with Crippen molar-refractivity contribution in [3.8, 4) is 0 Å². The molecule has 0 fully saturated rings. The number of carbonyl (C=O) groups excluding carboxylic acids is 2. The van der Waals surface area contributed by atoms with Crippen LogP contribution in [0.4, 0.5) is 15.8 Å². The van der Waals surface area contributed by atoms with Gasteiger partial charge < -0.3 is 9.80 Å². The quantitative estimate of drug-likeness (QED) is 0.361. The van der Waals surface area contributed by atoms with E-state index in [4.69, 9.17) is 0 Å². The summed E-state index contributed by atoms with van der Waals surface area (Å²) in [6.07, 6.45) is 3.95. The maximum atomic E-state index is 14.5. The summed E-state index contributed by atoms with van der Waals surface area (Å²) >= 11 is 0. The second-order valence-corrected chi connectivity index (χ2v) is 8.87. The molecule has 0 spiro atoms. The first-order valence-electron chi connectivity index (χ1n) is 12.1. The van der Waals surface area contributed by atoms with Gasteiger partial charge in [-0.1, -0.05) is 68.3 Å². The van der Waals surface area contributed by atoms with Crippen molar-refractivity contribution in [3.05, 3.63) is 95.8 Å². The minimum atomic E-state index is -0.531. The van der Waals surface area contributed by atoms with E-state index in [2.05, 4.69) is 6.92 Å². The van der Waals surface area contributed by atoms with E-state index in [0.29, 0.717) is 12.8 Å². The molecule has 1 aliphatic heterocycles. The van der Waals surface area contributed by atoms with Gasteiger partial charge in [0.2, 0.25) is 5.91 Å². The van der Waals surface area contributed by atoms with Crippen LogP contribution >= 0.6 is 0 Å². The molecular weight excluding hydrogens is 427 g/mol. The van der Waals surface area contributed by atoms with Gasteiger partial charge in [0.15, 0.2) is 0 Å². The summed E-state index contributed by atoms with van der Waals surface area (Å²) in [7, 11) is 0. The highest BCUT2D eigenvalue weighted by molar-refractivity contribution is 6.07. The zero-order valence-electron chi connectivity index (χ0n) is 19.8. The van der Waals surface area contributed by atoms with Gasteiger partial charge >= 0.3 is 0 Å². The Morgan fingerprint density at radius 3 is 2.35 bits per heavy atom. The van der Waals surface area contributed by atoms with Gasteiger partial charge in [-0.15, -0.1) is 0 Å². The number of carbonyl (C=O) groups is 2. The van der Waals surface area contributed by atoms with Gasteiger partial charge in [-0.25, -0.2) is 4.39 Å². The molecule has 0 bridgehead atoms. The molecule has 0 aromatic heterocycles. The Hall–Kier alpha value is -3.47. The van der Waals surface area contributed by atoms with Crippen molar-refractivity contribution in [1.29, 1.82) is 0 Å². The molecule has 0 aliphatic carbocycles. The third-order valence-electron chi connectivity index (χ3n) is 6.49. The fraction of sp³-hybridized carbons (Fsp3) is 0.310. The van der Waals surface area contributed by atoms with E-state index < -0.39 is 5.82 Å². The molecule has 4 nitrogen and oxygen atoms in total. The first-order chi connectivity index (χ1) is 16.5. The zero-order chi connectivity index (χ0) is 24.1. The summed E-state index contributed by atoms with van der Waals surface area (Å²) in [5.41, 5.74) is 2.53. The first-order valence-corrected chi connectivity index (χ1v) is 12.1. The standard InChI is InChI=1S/C29H31FN2O2/c1-3-4-6-19-28(33)32(22-13-7-5-8-14-22)27-20-21(2)31(26-18-12-10-16-24(26)27)29(34)23-15-9-11-17-25(23)30/h5,7-18,21,27H,3-4,6,19-20H2,1-2H3/t21-,27-/m1/s1.